The summed E-state index contributed by atoms with van der Waals surface area (Å²) >= 11 is 0. The predicted octanol–water partition coefficient (Wildman–Crippen LogP) is 10.1. The number of imidazole rings is 2. The quantitative estimate of drug-likeness (QED) is 0.176. The third-order valence-electron chi connectivity index (χ3n) is 12.3. The fourth-order valence-electron chi connectivity index (χ4n) is 8.25. The number of hydrogen-bond donors (Lipinski definition) is 1. The van der Waals surface area contributed by atoms with Crippen molar-refractivity contribution in [3.05, 3.63) is 59.2 Å². The van der Waals surface area contributed by atoms with Gasteiger partial charge in [0.05, 0.1) is 40.8 Å². The minimum Gasteiger partial charge on any atom is -0.478 e. The van der Waals surface area contributed by atoms with E-state index < -0.39 is 5.97 Å². The molecule has 1 N–H and O–H groups in total. The fraction of sp³-hybridized carbons (Fsp3) is 0.628. The molecule has 3 fully saturated rings. The van der Waals surface area contributed by atoms with Crippen LogP contribution in [0.3, 0.4) is 0 Å². The Labute approximate surface area is 310 Å². The van der Waals surface area contributed by atoms with Gasteiger partial charge in [0, 0.05) is 29.5 Å². The SMILES string of the molecule is CCC(C)(C)c1nc2cc(C(=O)N3CCCO3)ccc2n1CC1CCCCC1.CCC(C)(C)c1nc2cc(C(=O)O)ccc2n1CC1CCCCC1. The van der Waals surface area contributed by atoms with E-state index in [-0.39, 0.29) is 16.7 Å². The van der Waals surface area contributed by atoms with Crippen LogP contribution in [0.4, 0.5) is 0 Å². The van der Waals surface area contributed by atoms with Gasteiger partial charge in [-0.2, -0.15) is 0 Å². The second-order valence-electron chi connectivity index (χ2n) is 16.9. The normalized spacial score (nSPS) is 17.8. The van der Waals surface area contributed by atoms with Crippen molar-refractivity contribution >= 4 is 33.9 Å². The zero-order chi connectivity index (χ0) is 37.0. The molecule has 0 atom stereocenters. The number of carboxylic acids is 1. The van der Waals surface area contributed by atoms with Gasteiger partial charge < -0.3 is 14.2 Å². The fourth-order valence-corrected chi connectivity index (χ4v) is 8.25. The van der Waals surface area contributed by atoms with E-state index >= 15 is 0 Å². The summed E-state index contributed by atoms with van der Waals surface area (Å²) in [4.78, 5) is 39.3. The molecule has 52 heavy (non-hydrogen) atoms. The maximum absolute atomic E-state index is 12.7. The number of aromatic carboxylic acids is 1. The number of rotatable bonds is 10. The highest BCUT2D eigenvalue weighted by Crippen LogP contribution is 2.35. The Bertz CT molecular complexity index is 1850. The highest BCUT2D eigenvalue weighted by atomic mass is 16.7. The largest absolute Gasteiger partial charge is 0.478 e. The number of fused-ring (bicyclic) bond motifs is 2. The number of amides is 1. The van der Waals surface area contributed by atoms with Gasteiger partial charge >= 0.3 is 5.97 Å². The first kappa shape index (κ1) is 38.0. The van der Waals surface area contributed by atoms with Gasteiger partial charge in [-0.1, -0.05) is 80.1 Å². The Morgan fingerprint density at radius 1 is 0.712 bits per heavy atom. The van der Waals surface area contributed by atoms with Gasteiger partial charge in [-0.25, -0.2) is 19.8 Å². The summed E-state index contributed by atoms with van der Waals surface area (Å²) in [5.41, 5.74) is 4.93. The molecule has 2 aromatic heterocycles. The van der Waals surface area contributed by atoms with Crippen molar-refractivity contribution in [1.82, 2.24) is 24.2 Å². The van der Waals surface area contributed by atoms with Crippen molar-refractivity contribution in [2.75, 3.05) is 13.2 Å². The number of hydroxylamine groups is 2. The van der Waals surface area contributed by atoms with E-state index in [2.05, 4.69) is 56.7 Å². The third-order valence-corrected chi connectivity index (χ3v) is 12.3. The number of benzene rings is 2. The van der Waals surface area contributed by atoms with Gasteiger partial charge in [-0.15, -0.1) is 0 Å². The summed E-state index contributed by atoms with van der Waals surface area (Å²) in [5.74, 6) is 2.73. The molecular formula is C43H61N5O4. The lowest BCUT2D eigenvalue weighted by Gasteiger charge is -2.27. The molecule has 1 amide bonds. The highest BCUT2D eigenvalue weighted by molar-refractivity contribution is 5.97. The highest BCUT2D eigenvalue weighted by Gasteiger charge is 2.30. The van der Waals surface area contributed by atoms with Crippen LogP contribution in [0.15, 0.2) is 36.4 Å². The molecule has 9 nitrogen and oxygen atoms in total. The Balaban J connectivity index is 0.000000181. The molecule has 3 aliphatic rings. The van der Waals surface area contributed by atoms with Crippen molar-refractivity contribution in [2.45, 2.75) is 149 Å². The van der Waals surface area contributed by atoms with Crippen molar-refractivity contribution < 1.29 is 19.5 Å². The summed E-state index contributed by atoms with van der Waals surface area (Å²) in [5, 5.41) is 10.7. The number of carboxylic acid groups (broad SMARTS) is 1. The first-order valence-electron chi connectivity index (χ1n) is 20.1. The van der Waals surface area contributed by atoms with E-state index in [1.807, 2.05) is 18.2 Å². The van der Waals surface area contributed by atoms with Crippen LogP contribution in [0, 0.1) is 11.8 Å². The molecule has 9 heteroatoms. The van der Waals surface area contributed by atoms with Crippen molar-refractivity contribution in [3.8, 4) is 0 Å². The Morgan fingerprint density at radius 3 is 1.60 bits per heavy atom. The molecule has 0 spiro atoms. The van der Waals surface area contributed by atoms with Crippen LogP contribution in [-0.4, -0.2) is 54.3 Å². The zero-order valence-corrected chi connectivity index (χ0v) is 32.5. The van der Waals surface area contributed by atoms with E-state index in [0.29, 0.717) is 30.2 Å². The maximum atomic E-state index is 12.7. The molecule has 7 rings (SSSR count). The van der Waals surface area contributed by atoms with Crippen molar-refractivity contribution in [1.29, 1.82) is 0 Å². The Morgan fingerprint density at radius 2 is 1.17 bits per heavy atom. The minimum atomic E-state index is -0.893. The van der Waals surface area contributed by atoms with Crippen LogP contribution in [0.5, 0.6) is 0 Å². The molecule has 4 aromatic rings. The van der Waals surface area contributed by atoms with E-state index in [0.717, 1.165) is 72.0 Å². The lowest BCUT2D eigenvalue weighted by atomic mass is 9.87. The molecule has 0 unspecified atom stereocenters. The van der Waals surface area contributed by atoms with Gasteiger partial charge in [0.2, 0.25) is 0 Å². The van der Waals surface area contributed by atoms with Gasteiger partial charge in [0.15, 0.2) is 0 Å². The number of nitrogens with zero attached hydrogens (tertiary/aromatic N) is 5. The summed E-state index contributed by atoms with van der Waals surface area (Å²) in [6, 6.07) is 11.3. The molecule has 0 radical (unpaired) electrons. The maximum Gasteiger partial charge on any atom is 0.335 e. The smallest absolute Gasteiger partial charge is 0.335 e. The summed E-state index contributed by atoms with van der Waals surface area (Å²) in [7, 11) is 0. The molecule has 2 saturated carbocycles. The first-order valence-corrected chi connectivity index (χ1v) is 20.1. The summed E-state index contributed by atoms with van der Waals surface area (Å²) < 4.78 is 4.80. The van der Waals surface area contributed by atoms with E-state index in [1.165, 1.54) is 69.3 Å². The molecule has 3 heterocycles. The second-order valence-corrected chi connectivity index (χ2v) is 16.9. The van der Waals surface area contributed by atoms with Crippen molar-refractivity contribution in [3.63, 3.8) is 0 Å². The Kier molecular flexibility index (Phi) is 11.8. The van der Waals surface area contributed by atoms with Gasteiger partial charge in [-0.3, -0.25) is 9.63 Å². The molecule has 1 aliphatic heterocycles. The topological polar surface area (TPSA) is 102 Å². The number of carbonyl (C=O) groups excluding carboxylic acids is 1. The van der Waals surface area contributed by atoms with E-state index in [9.17, 15) is 14.7 Å². The second kappa shape index (κ2) is 16.1. The molecule has 2 aliphatic carbocycles. The average molecular weight is 712 g/mol. The molecule has 0 bridgehead atoms. The monoisotopic (exact) mass is 711 g/mol. The van der Waals surface area contributed by atoms with Gasteiger partial charge in [0.1, 0.15) is 11.6 Å². The standard InChI is InChI=1S/C23H33N3O2.C20H28N2O2/c1-4-23(2,3)22-24-19-15-18(21(27)26-13-8-14-28-26)11-12-20(19)25(22)16-17-9-6-5-7-10-17;1-4-20(2,3)19-21-16-12-15(18(23)24)10-11-17(16)22(19)13-14-8-6-5-7-9-14/h11-12,15,17H,4-10,13-14,16H2,1-3H3;10-12,14H,4-9,13H2,1-3H3,(H,23,24). The van der Waals surface area contributed by atoms with Crippen LogP contribution >= 0.6 is 0 Å². The van der Waals surface area contributed by atoms with Crippen LogP contribution in [0.2, 0.25) is 0 Å². The van der Waals surface area contributed by atoms with Crippen LogP contribution in [-0.2, 0) is 28.8 Å². The number of hydrogen-bond acceptors (Lipinski definition) is 5. The summed E-state index contributed by atoms with van der Waals surface area (Å²) in [6.45, 7) is 16.7. The predicted molar refractivity (Wildman–Crippen MR) is 208 cm³/mol. The lowest BCUT2D eigenvalue weighted by Crippen LogP contribution is -2.26. The molecule has 2 aromatic carbocycles. The third kappa shape index (κ3) is 8.24. The van der Waals surface area contributed by atoms with Crippen molar-refractivity contribution in [2.24, 2.45) is 11.8 Å². The van der Waals surface area contributed by atoms with Crippen LogP contribution < -0.4 is 0 Å². The van der Waals surface area contributed by atoms with E-state index in [4.69, 9.17) is 14.8 Å². The number of carbonyl (C=O) groups is 2. The van der Waals surface area contributed by atoms with Crippen LogP contribution in [0.25, 0.3) is 22.1 Å². The molecular weight excluding hydrogens is 651 g/mol. The van der Waals surface area contributed by atoms with Crippen LogP contribution in [0.1, 0.15) is 157 Å². The average Bonchev–Trinajstić information content (AvgIpc) is 3.91. The zero-order valence-electron chi connectivity index (χ0n) is 32.5. The number of aromatic nitrogens is 4. The Hall–Kier alpha value is -3.72. The van der Waals surface area contributed by atoms with Gasteiger partial charge in [0.25, 0.3) is 5.91 Å². The molecule has 282 valence electrons. The lowest BCUT2D eigenvalue weighted by molar-refractivity contribution is -0.0768. The first-order chi connectivity index (χ1) is 24.9. The molecule has 1 saturated heterocycles. The minimum absolute atomic E-state index is 0.00984. The van der Waals surface area contributed by atoms with Gasteiger partial charge in [-0.05, 0) is 93.2 Å². The van der Waals surface area contributed by atoms with E-state index in [1.54, 1.807) is 12.1 Å². The summed E-state index contributed by atoms with van der Waals surface area (Å²) in [6.07, 6.45) is 16.2.